The number of fused-ring (bicyclic) bond motifs is 1. The highest BCUT2D eigenvalue weighted by Crippen LogP contribution is 2.27. The van der Waals surface area contributed by atoms with Crippen LogP contribution in [0.3, 0.4) is 0 Å². The normalized spacial score (nSPS) is 15.9. The predicted octanol–water partition coefficient (Wildman–Crippen LogP) is 3.40. The van der Waals surface area contributed by atoms with Gasteiger partial charge in [-0.1, -0.05) is 12.1 Å². The summed E-state index contributed by atoms with van der Waals surface area (Å²) in [6.45, 7) is 0.916. The molecule has 1 N–H and O–H groups in total. The molecule has 30 heavy (non-hydrogen) atoms. The summed E-state index contributed by atoms with van der Waals surface area (Å²) in [5.41, 5.74) is 2.98. The third-order valence-corrected chi connectivity index (χ3v) is 5.56. The minimum Gasteiger partial charge on any atom is -0.488 e. The number of hydrogen-bond donors (Lipinski definition) is 1. The van der Waals surface area contributed by atoms with Crippen LogP contribution in [0, 0.1) is 5.82 Å². The van der Waals surface area contributed by atoms with Crippen LogP contribution in [-0.4, -0.2) is 49.7 Å². The average Bonchev–Trinajstić information content (AvgIpc) is 3.37. The first-order valence-electron chi connectivity index (χ1n) is 9.76. The number of halogens is 1. The van der Waals surface area contributed by atoms with E-state index in [-0.39, 0.29) is 24.3 Å². The van der Waals surface area contributed by atoms with Crippen molar-refractivity contribution in [2.24, 2.45) is 7.05 Å². The molecule has 0 aliphatic carbocycles. The number of hydrogen-bond acceptors (Lipinski definition) is 4. The molecule has 1 amide bonds. The fourth-order valence-electron chi connectivity index (χ4n) is 3.73. The lowest BCUT2D eigenvalue weighted by Gasteiger charge is -2.40. The molecule has 8 heteroatoms. The number of carbonyl (C=O) groups excluding carboxylic acids is 1. The number of amides is 1. The molecule has 7 nitrogen and oxygen atoms in total. The van der Waals surface area contributed by atoms with Gasteiger partial charge < -0.3 is 14.2 Å². The number of aromatic amines is 1. The lowest BCUT2D eigenvalue weighted by molar-refractivity contribution is 0.0320. The molecule has 0 saturated carbocycles. The molecular formula is C22H20FN5O2. The van der Waals surface area contributed by atoms with E-state index < -0.39 is 5.82 Å². The largest absolute Gasteiger partial charge is 0.488 e. The fraction of sp³-hybridized carbons (Fsp3) is 0.227. The quantitative estimate of drug-likeness (QED) is 0.552. The van der Waals surface area contributed by atoms with E-state index >= 15 is 0 Å². The third-order valence-electron chi connectivity index (χ3n) is 5.56. The van der Waals surface area contributed by atoms with E-state index in [1.54, 1.807) is 35.5 Å². The van der Waals surface area contributed by atoms with Gasteiger partial charge in [0.25, 0.3) is 5.91 Å². The zero-order valence-electron chi connectivity index (χ0n) is 16.4. The molecule has 0 spiro atoms. The molecule has 1 aromatic carbocycles. The van der Waals surface area contributed by atoms with Crippen molar-refractivity contribution in [3.05, 3.63) is 66.4 Å². The van der Waals surface area contributed by atoms with Gasteiger partial charge in [-0.25, -0.2) is 9.37 Å². The molecule has 152 valence electrons. The summed E-state index contributed by atoms with van der Waals surface area (Å²) in [7, 11) is 1.84. The highest BCUT2D eigenvalue weighted by Gasteiger charge is 2.35. The molecular weight excluding hydrogens is 385 g/mol. The molecule has 4 aromatic rings. The molecule has 1 aliphatic rings. The van der Waals surface area contributed by atoms with Gasteiger partial charge in [0.1, 0.15) is 17.9 Å². The number of carbonyl (C=O) groups is 1. The van der Waals surface area contributed by atoms with Crippen molar-refractivity contribution >= 4 is 16.9 Å². The maximum atomic E-state index is 13.8. The number of nitrogens with zero attached hydrogens (tertiary/aromatic N) is 4. The third kappa shape index (κ3) is 3.10. The second-order valence-corrected chi connectivity index (χ2v) is 7.37. The van der Waals surface area contributed by atoms with Gasteiger partial charge in [0, 0.05) is 30.7 Å². The van der Waals surface area contributed by atoms with E-state index in [1.807, 2.05) is 29.8 Å². The number of H-pyrrole nitrogens is 1. The van der Waals surface area contributed by atoms with E-state index in [1.165, 1.54) is 6.07 Å². The number of rotatable bonds is 5. The first-order chi connectivity index (χ1) is 14.6. The number of aryl methyl sites for hydroxylation is 1. The Morgan fingerprint density at radius 2 is 2.17 bits per heavy atom. The fourth-order valence-corrected chi connectivity index (χ4v) is 3.73. The number of likely N-dealkylation sites (tertiary alicyclic amines) is 1. The molecule has 0 unspecified atom stereocenters. The van der Waals surface area contributed by atoms with E-state index in [2.05, 4.69) is 10.2 Å². The summed E-state index contributed by atoms with van der Waals surface area (Å²) in [5.74, 6) is -0.269. The van der Waals surface area contributed by atoms with Crippen LogP contribution < -0.4 is 4.74 Å². The van der Waals surface area contributed by atoms with Crippen LogP contribution >= 0.6 is 0 Å². The number of para-hydroxylation sites is 1. The molecule has 4 heterocycles. The number of nitrogens with one attached hydrogen (secondary N) is 1. The maximum absolute atomic E-state index is 13.8. The van der Waals surface area contributed by atoms with E-state index in [9.17, 15) is 9.18 Å². The summed E-state index contributed by atoms with van der Waals surface area (Å²) < 4.78 is 21.2. The highest BCUT2D eigenvalue weighted by molar-refractivity contribution is 5.98. The van der Waals surface area contributed by atoms with Crippen molar-refractivity contribution in [3.63, 3.8) is 0 Å². The van der Waals surface area contributed by atoms with Gasteiger partial charge in [-0.2, -0.15) is 5.10 Å². The van der Waals surface area contributed by atoms with Crippen molar-refractivity contribution in [3.8, 4) is 17.0 Å². The van der Waals surface area contributed by atoms with Crippen molar-refractivity contribution < 1.29 is 13.9 Å². The summed E-state index contributed by atoms with van der Waals surface area (Å²) in [4.78, 5) is 19.6. The van der Waals surface area contributed by atoms with Crippen molar-refractivity contribution in [2.75, 3.05) is 13.2 Å². The Bertz CT molecular complexity index is 1220. The molecule has 1 aliphatic heterocycles. The second kappa shape index (κ2) is 7.29. The first-order valence-corrected chi connectivity index (χ1v) is 9.76. The lowest BCUT2D eigenvalue weighted by atomic mass is 10.0. The maximum Gasteiger partial charge on any atom is 0.270 e. The van der Waals surface area contributed by atoms with Crippen LogP contribution in [-0.2, 0) is 7.05 Å². The minimum absolute atomic E-state index is 0.0752. The molecule has 1 fully saturated rings. The molecule has 0 bridgehead atoms. The molecule has 1 atom stereocenters. The zero-order valence-corrected chi connectivity index (χ0v) is 16.4. The van der Waals surface area contributed by atoms with Crippen LogP contribution in [0.25, 0.3) is 22.3 Å². The predicted molar refractivity (Wildman–Crippen MR) is 110 cm³/mol. The Balaban J connectivity index is 1.35. The molecule has 0 radical (unpaired) electrons. The van der Waals surface area contributed by atoms with Gasteiger partial charge in [0.05, 0.1) is 17.9 Å². The van der Waals surface area contributed by atoms with Crippen LogP contribution in [0.15, 0.2) is 54.9 Å². The van der Waals surface area contributed by atoms with Crippen LogP contribution in [0.1, 0.15) is 16.9 Å². The Hall–Kier alpha value is -3.68. The van der Waals surface area contributed by atoms with Crippen molar-refractivity contribution in [1.29, 1.82) is 0 Å². The van der Waals surface area contributed by atoms with Gasteiger partial charge in [-0.3, -0.25) is 9.89 Å². The van der Waals surface area contributed by atoms with Gasteiger partial charge >= 0.3 is 0 Å². The Labute approximate surface area is 172 Å². The number of ether oxygens (including phenoxy) is 1. The van der Waals surface area contributed by atoms with Crippen LogP contribution in [0.4, 0.5) is 4.39 Å². The van der Waals surface area contributed by atoms with E-state index in [0.29, 0.717) is 12.2 Å². The van der Waals surface area contributed by atoms with Crippen LogP contribution in [0.2, 0.25) is 0 Å². The number of aromatic nitrogens is 4. The second-order valence-electron chi connectivity index (χ2n) is 7.37. The highest BCUT2D eigenvalue weighted by atomic mass is 19.1. The SMILES string of the molecule is Cn1c(C(=O)N2CC[C@@H]2COc2ccccc2F)cc2ccc(-c3cn[nH]c3)nc21. The van der Waals surface area contributed by atoms with Crippen molar-refractivity contribution in [2.45, 2.75) is 12.5 Å². The summed E-state index contributed by atoms with van der Waals surface area (Å²) >= 11 is 0. The molecule has 1 saturated heterocycles. The van der Waals surface area contributed by atoms with Gasteiger partial charge in [0.2, 0.25) is 0 Å². The zero-order chi connectivity index (χ0) is 20.7. The van der Waals surface area contributed by atoms with Crippen molar-refractivity contribution in [1.82, 2.24) is 24.6 Å². The summed E-state index contributed by atoms with van der Waals surface area (Å²) in [6, 6.07) is 11.9. The molecule has 3 aromatic heterocycles. The smallest absolute Gasteiger partial charge is 0.270 e. The van der Waals surface area contributed by atoms with Gasteiger partial charge in [0.15, 0.2) is 11.6 Å². The van der Waals surface area contributed by atoms with E-state index in [0.717, 1.165) is 28.7 Å². The Kier molecular flexibility index (Phi) is 4.46. The topological polar surface area (TPSA) is 76.0 Å². The number of pyridine rings is 1. The molecule has 5 rings (SSSR count). The lowest BCUT2D eigenvalue weighted by Crippen LogP contribution is -2.54. The number of benzene rings is 1. The summed E-state index contributed by atoms with van der Waals surface area (Å²) in [6.07, 6.45) is 4.32. The Morgan fingerprint density at radius 1 is 1.30 bits per heavy atom. The minimum atomic E-state index is -0.400. The standard InChI is InChI=1S/C22H20FN5O2/c1-27-19(10-14-6-7-18(26-21(14)27)15-11-24-25-12-15)22(29)28-9-8-16(28)13-30-20-5-3-2-4-17(20)23/h2-7,10-12,16H,8-9,13H2,1H3,(H,24,25)/t16-/m1/s1. The Morgan fingerprint density at radius 3 is 2.90 bits per heavy atom. The average molecular weight is 405 g/mol. The van der Waals surface area contributed by atoms with Crippen LogP contribution in [0.5, 0.6) is 5.75 Å². The monoisotopic (exact) mass is 405 g/mol. The first kappa shape index (κ1) is 18.4. The van der Waals surface area contributed by atoms with Gasteiger partial charge in [-0.05, 0) is 36.8 Å². The summed E-state index contributed by atoms with van der Waals surface area (Å²) in [5, 5.41) is 7.64. The van der Waals surface area contributed by atoms with E-state index in [4.69, 9.17) is 9.72 Å². The van der Waals surface area contributed by atoms with Gasteiger partial charge in [-0.15, -0.1) is 0 Å².